The number of nitrogens with zero attached hydrogens (tertiary/aromatic N) is 5. The summed E-state index contributed by atoms with van der Waals surface area (Å²) in [5.74, 6) is 0.222. The molecule has 2 amide bonds. The predicted molar refractivity (Wildman–Crippen MR) is 96.6 cm³/mol. The van der Waals surface area contributed by atoms with Crippen LogP contribution in [0.2, 0.25) is 0 Å². The third-order valence-corrected chi connectivity index (χ3v) is 5.09. The van der Waals surface area contributed by atoms with Gasteiger partial charge in [-0.15, -0.1) is 0 Å². The fourth-order valence-electron chi connectivity index (χ4n) is 3.75. The van der Waals surface area contributed by atoms with Gasteiger partial charge in [0.1, 0.15) is 6.33 Å². The second-order valence-corrected chi connectivity index (χ2v) is 6.72. The largest absolute Gasteiger partial charge is 0.378 e. The van der Waals surface area contributed by atoms with Crippen LogP contribution in [0, 0.1) is 0 Å². The molecule has 2 aromatic heterocycles. The molecule has 0 unspecified atom stereocenters. The zero-order valence-electron chi connectivity index (χ0n) is 14.8. The van der Waals surface area contributed by atoms with Gasteiger partial charge in [-0.3, -0.25) is 4.98 Å². The molecule has 0 radical (unpaired) electrons. The van der Waals surface area contributed by atoms with Gasteiger partial charge in [-0.1, -0.05) is 0 Å². The standard InChI is InChI=1S/C19H23N5O2/c25-19(23-8-10-26-11-9-23)24-7-1-2-16(13-24)18-17(12-21-14-22-18)15-3-5-20-6-4-15/h3-6,12,14,16H,1-2,7-11,13H2/t16-/m1/s1. The van der Waals surface area contributed by atoms with Gasteiger partial charge in [0.2, 0.25) is 0 Å². The summed E-state index contributed by atoms with van der Waals surface area (Å²) in [6, 6.07) is 4.07. The van der Waals surface area contributed by atoms with Gasteiger partial charge in [0.25, 0.3) is 0 Å². The van der Waals surface area contributed by atoms with Gasteiger partial charge in [-0.2, -0.15) is 0 Å². The summed E-state index contributed by atoms with van der Waals surface area (Å²) in [4.78, 5) is 29.6. The summed E-state index contributed by atoms with van der Waals surface area (Å²) in [6.45, 7) is 4.11. The van der Waals surface area contributed by atoms with E-state index >= 15 is 0 Å². The van der Waals surface area contributed by atoms with Gasteiger partial charge < -0.3 is 14.5 Å². The van der Waals surface area contributed by atoms with Crippen molar-refractivity contribution < 1.29 is 9.53 Å². The fraction of sp³-hybridized carbons (Fsp3) is 0.474. The number of likely N-dealkylation sites (tertiary alicyclic amines) is 1. The Labute approximate surface area is 153 Å². The summed E-state index contributed by atoms with van der Waals surface area (Å²) < 4.78 is 5.36. The quantitative estimate of drug-likeness (QED) is 0.827. The zero-order valence-corrected chi connectivity index (χ0v) is 14.8. The van der Waals surface area contributed by atoms with Crippen molar-refractivity contribution in [3.63, 3.8) is 0 Å². The average Bonchev–Trinajstić information content (AvgIpc) is 2.74. The van der Waals surface area contributed by atoms with E-state index in [1.807, 2.05) is 28.1 Å². The van der Waals surface area contributed by atoms with E-state index in [0.29, 0.717) is 32.8 Å². The van der Waals surface area contributed by atoms with Crippen LogP contribution in [0.15, 0.2) is 37.1 Å². The van der Waals surface area contributed by atoms with Crippen molar-refractivity contribution in [3.05, 3.63) is 42.7 Å². The molecule has 7 nitrogen and oxygen atoms in total. The molecule has 2 fully saturated rings. The normalized spacial score (nSPS) is 20.8. The molecule has 2 aliphatic rings. The highest BCUT2D eigenvalue weighted by atomic mass is 16.5. The number of piperidine rings is 1. The Bertz CT molecular complexity index is 749. The second kappa shape index (κ2) is 7.78. The predicted octanol–water partition coefficient (Wildman–Crippen LogP) is 2.17. The lowest BCUT2D eigenvalue weighted by Gasteiger charge is -2.37. The van der Waals surface area contributed by atoms with Crippen molar-refractivity contribution in [2.75, 3.05) is 39.4 Å². The second-order valence-electron chi connectivity index (χ2n) is 6.72. The lowest BCUT2D eigenvalue weighted by molar-refractivity contribution is 0.0408. The van der Waals surface area contributed by atoms with Crippen LogP contribution in [-0.2, 0) is 4.74 Å². The topological polar surface area (TPSA) is 71.5 Å². The van der Waals surface area contributed by atoms with Crippen LogP contribution in [0.3, 0.4) is 0 Å². The van der Waals surface area contributed by atoms with Crippen LogP contribution in [-0.4, -0.2) is 70.2 Å². The Kier molecular flexibility index (Phi) is 5.06. The minimum absolute atomic E-state index is 0.123. The maximum atomic E-state index is 12.8. The first-order chi connectivity index (χ1) is 12.8. The summed E-state index contributed by atoms with van der Waals surface area (Å²) in [7, 11) is 0. The number of urea groups is 1. The third-order valence-electron chi connectivity index (χ3n) is 5.09. The Morgan fingerprint density at radius 3 is 2.69 bits per heavy atom. The van der Waals surface area contributed by atoms with Gasteiger partial charge in [0.15, 0.2) is 0 Å². The smallest absolute Gasteiger partial charge is 0.320 e. The summed E-state index contributed by atoms with van der Waals surface area (Å²) in [6.07, 6.45) is 9.04. The minimum atomic E-state index is 0.123. The lowest BCUT2D eigenvalue weighted by Crippen LogP contribution is -2.50. The van der Waals surface area contributed by atoms with E-state index in [4.69, 9.17) is 4.74 Å². The highest BCUT2D eigenvalue weighted by Gasteiger charge is 2.30. The average molecular weight is 353 g/mol. The molecule has 4 rings (SSSR count). The van der Waals surface area contributed by atoms with E-state index in [-0.39, 0.29) is 11.9 Å². The van der Waals surface area contributed by atoms with Crippen LogP contribution in [0.4, 0.5) is 4.79 Å². The first-order valence-corrected chi connectivity index (χ1v) is 9.15. The van der Waals surface area contributed by atoms with Crippen LogP contribution in [0.1, 0.15) is 24.5 Å². The number of ether oxygens (including phenoxy) is 1. The Balaban J connectivity index is 1.54. The first-order valence-electron chi connectivity index (χ1n) is 9.15. The third kappa shape index (κ3) is 3.53. The van der Waals surface area contributed by atoms with Gasteiger partial charge in [-0.05, 0) is 30.5 Å². The van der Waals surface area contributed by atoms with Crippen LogP contribution in [0.25, 0.3) is 11.1 Å². The fourth-order valence-corrected chi connectivity index (χ4v) is 3.75. The number of hydrogen-bond donors (Lipinski definition) is 0. The molecule has 2 aromatic rings. The monoisotopic (exact) mass is 353 g/mol. The molecule has 136 valence electrons. The van der Waals surface area contributed by atoms with Crippen LogP contribution < -0.4 is 0 Å². The number of rotatable bonds is 2. The van der Waals surface area contributed by atoms with Gasteiger partial charge in [0, 0.05) is 56.3 Å². The number of amides is 2. The van der Waals surface area contributed by atoms with Crippen LogP contribution >= 0.6 is 0 Å². The molecule has 0 aliphatic carbocycles. The highest BCUT2D eigenvalue weighted by molar-refractivity contribution is 5.75. The molecule has 7 heteroatoms. The lowest BCUT2D eigenvalue weighted by atomic mass is 9.90. The molecule has 0 aromatic carbocycles. The van der Waals surface area contributed by atoms with Crippen molar-refractivity contribution >= 4 is 6.03 Å². The van der Waals surface area contributed by atoms with E-state index < -0.39 is 0 Å². The Morgan fingerprint density at radius 1 is 1.08 bits per heavy atom. The SMILES string of the molecule is O=C(N1CCOCC1)N1CCC[C@@H](c2ncncc2-c2ccncc2)C1. The Hall–Kier alpha value is -2.54. The summed E-state index contributed by atoms with van der Waals surface area (Å²) >= 11 is 0. The molecule has 2 aliphatic heterocycles. The maximum absolute atomic E-state index is 12.8. The molecular weight excluding hydrogens is 330 g/mol. The molecule has 4 heterocycles. The zero-order chi connectivity index (χ0) is 17.8. The molecule has 0 spiro atoms. The van der Waals surface area contributed by atoms with Crippen molar-refractivity contribution in [1.29, 1.82) is 0 Å². The van der Waals surface area contributed by atoms with E-state index in [0.717, 1.165) is 36.2 Å². The van der Waals surface area contributed by atoms with Crippen molar-refractivity contribution in [2.24, 2.45) is 0 Å². The van der Waals surface area contributed by atoms with Crippen molar-refractivity contribution in [2.45, 2.75) is 18.8 Å². The van der Waals surface area contributed by atoms with E-state index in [2.05, 4.69) is 15.0 Å². The summed E-state index contributed by atoms with van der Waals surface area (Å²) in [5.41, 5.74) is 3.11. The number of carbonyl (C=O) groups is 1. The van der Waals surface area contributed by atoms with Gasteiger partial charge >= 0.3 is 6.03 Å². The number of carbonyl (C=O) groups excluding carboxylic acids is 1. The van der Waals surface area contributed by atoms with E-state index in [9.17, 15) is 4.79 Å². The molecule has 2 saturated heterocycles. The number of aromatic nitrogens is 3. The maximum Gasteiger partial charge on any atom is 0.320 e. The molecule has 1 atom stereocenters. The number of pyridine rings is 1. The Morgan fingerprint density at radius 2 is 1.88 bits per heavy atom. The van der Waals surface area contributed by atoms with Gasteiger partial charge in [0.05, 0.1) is 18.9 Å². The first kappa shape index (κ1) is 16.9. The van der Waals surface area contributed by atoms with Gasteiger partial charge in [-0.25, -0.2) is 14.8 Å². The van der Waals surface area contributed by atoms with Crippen molar-refractivity contribution in [3.8, 4) is 11.1 Å². The molecular formula is C19H23N5O2. The summed E-state index contributed by atoms with van der Waals surface area (Å²) in [5, 5.41) is 0. The minimum Gasteiger partial charge on any atom is -0.378 e. The molecule has 0 saturated carbocycles. The van der Waals surface area contributed by atoms with Crippen molar-refractivity contribution in [1.82, 2.24) is 24.8 Å². The van der Waals surface area contributed by atoms with Crippen LogP contribution in [0.5, 0.6) is 0 Å². The van der Waals surface area contributed by atoms with E-state index in [1.54, 1.807) is 18.7 Å². The highest BCUT2D eigenvalue weighted by Crippen LogP contribution is 2.32. The molecule has 0 N–H and O–H groups in total. The molecule has 0 bridgehead atoms. The number of hydrogen-bond acceptors (Lipinski definition) is 5. The number of morpholine rings is 1. The van der Waals surface area contributed by atoms with E-state index in [1.165, 1.54) is 0 Å². The molecule has 26 heavy (non-hydrogen) atoms.